The summed E-state index contributed by atoms with van der Waals surface area (Å²) in [5.74, 6) is 0.198. The quantitative estimate of drug-likeness (QED) is 0.897. The van der Waals surface area contributed by atoms with Crippen LogP contribution in [0, 0.1) is 5.92 Å². The zero-order valence-electron chi connectivity index (χ0n) is 13.2. The van der Waals surface area contributed by atoms with Crippen LogP contribution in [0.15, 0.2) is 58.2 Å². The van der Waals surface area contributed by atoms with Crippen LogP contribution in [0.25, 0.3) is 0 Å². The van der Waals surface area contributed by atoms with Crippen LogP contribution in [0.2, 0.25) is 0 Å². The summed E-state index contributed by atoms with van der Waals surface area (Å²) in [7, 11) is -3.47. The third-order valence-corrected chi connectivity index (χ3v) is 5.72. The number of carbonyl (C=O) groups is 1. The number of rotatable bonds is 5. The van der Waals surface area contributed by atoms with Gasteiger partial charge in [-0.2, -0.15) is 0 Å². The van der Waals surface area contributed by atoms with Gasteiger partial charge in [-0.15, -0.1) is 0 Å². The zero-order valence-corrected chi connectivity index (χ0v) is 14.0. The highest BCUT2D eigenvalue weighted by Crippen LogP contribution is 2.19. The molecule has 24 heavy (non-hydrogen) atoms. The van der Waals surface area contributed by atoms with E-state index in [4.69, 9.17) is 4.42 Å². The third kappa shape index (κ3) is 3.85. The minimum Gasteiger partial charge on any atom is -0.472 e. The van der Waals surface area contributed by atoms with E-state index in [1.54, 1.807) is 41.3 Å². The Morgan fingerprint density at radius 2 is 1.88 bits per heavy atom. The van der Waals surface area contributed by atoms with E-state index in [-0.39, 0.29) is 16.7 Å². The van der Waals surface area contributed by atoms with Gasteiger partial charge in [0.05, 0.1) is 16.7 Å². The van der Waals surface area contributed by atoms with Crippen molar-refractivity contribution in [3.05, 3.63) is 54.5 Å². The summed E-state index contributed by atoms with van der Waals surface area (Å²) in [5, 5.41) is 0. The molecule has 2 heterocycles. The van der Waals surface area contributed by atoms with Crippen molar-refractivity contribution in [3.63, 3.8) is 0 Å². The molecule has 128 valence electrons. The van der Waals surface area contributed by atoms with Crippen LogP contribution >= 0.6 is 0 Å². The Bertz CT molecular complexity index is 764. The van der Waals surface area contributed by atoms with Crippen LogP contribution < -0.4 is 4.72 Å². The van der Waals surface area contributed by atoms with E-state index in [0.717, 1.165) is 12.8 Å². The van der Waals surface area contributed by atoms with Crippen LogP contribution in [0.3, 0.4) is 0 Å². The van der Waals surface area contributed by atoms with Crippen LogP contribution in [-0.4, -0.2) is 38.9 Å². The fraction of sp³-hybridized carbons (Fsp3) is 0.353. The lowest BCUT2D eigenvalue weighted by Crippen LogP contribution is -2.41. The fourth-order valence-corrected chi connectivity index (χ4v) is 3.96. The highest BCUT2D eigenvalue weighted by molar-refractivity contribution is 7.89. The van der Waals surface area contributed by atoms with Gasteiger partial charge >= 0.3 is 0 Å². The molecule has 0 radical (unpaired) electrons. The second kappa shape index (κ2) is 7.19. The summed E-state index contributed by atoms with van der Waals surface area (Å²) in [4.78, 5) is 14.3. The standard InChI is InChI=1S/C17H20N2O4S/c20-17(15-8-11-23-13-15)19-9-6-14(7-10-19)12-18-24(21,22)16-4-2-1-3-5-16/h1-5,8,11,13-14,18H,6-7,9-10,12H2. The molecule has 0 unspecified atom stereocenters. The number of amides is 1. The molecule has 1 N–H and O–H groups in total. The van der Waals surface area contributed by atoms with Gasteiger partial charge in [0.2, 0.25) is 10.0 Å². The van der Waals surface area contributed by atoms with Crippen LogP contribution in [-0.2, 0) is 10.0 Å². The summed E-state index contributed by atoms with van der Waals surface area (Å²) in [5.41, 5.74) is 0.554. The van der Waals surface area contributed by atoms with E-state index >= 15 is 0 Å². The van der Waals surface area contributed by atoms with Crippen LogP contribution in [0.5, 0.6) is 0 Å². The fourth-order valence-electron chi connectivity index (χ4n) is 2.82. The SMILES string of the molecule is O=C(c1ccoc1)N1CCC(CNS(=O)(=O)c2ccccc2)CC1. The number of benzene rings is 1. The van der Waals surface area contributed by atoms with Gasteiger partial charge in [-0.25, -0.2) is 13.1 Å². The molecule has 6 nitrogen and oxygen atoms in total. The molecule has 1 aromatic carbocycles. The lowest BCUT2D eigenvalue weighted by Gasteiger charge is -2.31. The van der Waals surface area contributed by atoms with Crippen molar-refractivity contribution < 1.29 is 17.6 Å². The summed E-state index contributed by atoms with van der Waals surface area (Å²) in [6.45, 7) is 1.65. The summed E-state index contributed by atoms with van der Waals surface area (Å²) in [6, 6.07) is 10.0. The first-order chi connectivity index (χ1) is 11.6. The Morgan fingerprint density at radius 3 is 2.50 bits per heavy atom. The van der Waals surface area contributed by atoms with E-state index in [9.17, 15) is 13.2 Å². The lowest BCUT2D eigenvalue weighted by atomic mass is 9.97. The maximum Gasteiger partial charge on any atom is 0.257 e. The van der Waals surface area contributed by atoms with Gasteiger partial charge in [-0.1, -0.05) is 18.2 Å². The Hall–Kier alpha value is -2.12. The van der Waals surface area contributed by atoms with E-state index < -0.39 is 10.0 Å². The topological polar surface area (TPSA) is 79.6 Å². The summed E-state index contributed by atoms with van der Waals surface area (Å²) >= 11 is 0. The van der Waals surface area contributed by atoms with Gasteiger partial charge in [0, 0.05) is 19.6 Å². The summed E-state index contributed by atoms with van der Waals surface area (Å²) in [6.07, 6.45) is 4.49. The van der Waals surface area contributed by atoms with Gasteiger partial charge in [0.15, 0.2) is 0 Å². The average molecular weight is 348 g/mol. The summed E-state index contributed by atoms with van der Waals surface area (Å²) < 4.78 is 32.0. The normalized spacial score (nSPS) is 16.2. The molecular formula is C17H20N2O4S. The number of sulfonamides is 1. The molecule has 0 saturated carbocycles. The minimum absolute atomic E-state index is 0.0351. The highest BCUT2D eigenvalue weighted by atomic mass is 32.2. The Morgan fingerprint density at radius 1 is 1.17 bits per heavy atom. The molecule has 1 amide bonds. The van der Waals surface area contributed by atoms with E-state index in [1.165, 1.54) is 12.5 Å². The van der Waals surface area contributed by atoms with E-state index in [2.05, 4.69) is 4.72 Å². The van der Waals surface area contributed by atoms with E-state index in [0.29, 0.717) is 25.2 Å². The molecule has 1 aliphatic heterocycles. The number of piperidine rings is 1. The monoisotopic (exact) mass is 348 g/mol. The maximum absolute atomic E-state index is 12.2. The molecule has 1 aliphatic rings. The predicted octanol–water partition coefficient (Wildman–Crippen LogP) is 2.11. The maximum atomic E-state index is 12.2. The van der Waals surface area contributed by atoms with Gasteiger partial charge in [-0.05, 0) is 37.0 Å². The number of nitrogens with one attached hydrogen (secondary N) is 1. The van der Waals surface area contributed by atoms with Gasteiger partial charge < -0.3 is 9.32 Å². The Balaban J connectivity index is 1.50. The molecule has 0 atom stereocenters. The first-order valence-electron chi connectivity index (χ1n) is 7.92. The third-order valence-electron chi connectivity index (χ3n) is 4.29. The van der Waals surface area contributed by atoms with Crippen molar-refractivity contribution in [3.8, 4) is 0 Å². The number of likely N-dealkylation sites (tertiary alicyclic amines) is 1. The molecule has 0 aliphatic carbocycles. The van der Waals surface area contributed by atoms with Crippen molar-refractivity contribution in [1.29, 1.82) is 0 Å². The Kier molecular flexibility index (Phi) is 5.01. The molecule has 0 bridgehead atoms. The van der Waals surface area contributed by atoms with Gasteiger partial charge in [0.25, 0.3) is 5.91 Å². The molecule has 7 heteroatoms. The predicted molar refractivity (Wildman–Crippen MR) is 89.0 cm³/mol. The van der Waals surface area contributed by atoms with Crippen molar-refractivity contribution in [2.75, 3.05) is 19.6 Å². The molecular weight excluding hydrogens is 328 g/mol. The van der Waals surface area contributed by atoms with Crippen LogP contribution in [0.4, 0.5) is 0 Å². The molecule has 1 fully saturated rings. The second-order valence-corrected chi connectivity index (χ2v) is 7.68. The highest BCUT2D eigenvalue weighted by Gasteiger charge is 2.25. The van der Waals surface area contributed by atoms with Crippen molar-refractivity contribution in [1.82, 2.24) is 9.62 Å². The largest absolute Gasteiger partial charge is 0.472 e. The zero-order chi connectivity index (χ0) is 17.0. The average Bonchev–Trinajstić information content (AvgIpc) is 3.15. The van der Waals surface area contributed by atoms with Gasteiger partial charge in [0.1, 0.15) is 6.26 Å². The smallest absolute Gasteiger partial charge is 0.257 e. The molecule has 1 saturated heterocycles. The lowest BCUT2D eigenvalue weighted by molar-refractivity contribution is 0.0691. The molecule has 1 aromatic heterocycles. The number of nitrogens with zero attached hydrogens (tertiary/aromatic N) is 1. The molecule has 3 rings (SSSR count). The first-order valence-corrected chi connectivity index (χ1v) is 9.41. The molecule has 0 spiro atoms. The molecule has 2 aromatic rings. The van der Waals surface area contributed by atoms with Crippen molar-refractivity contribution in [2.24, 2.45) is 5.92 Å². The number of furan rings is 1. The van der Waals surface area contributed by atoms with Gasteiger partial charge in [-0.3, -0.25) is 4.79 Å². The number of hydrogen-bond acceptors (Lipinski definition) is 4. The minimum atomic E-state index is -3.47. The second-order valence-electron chi connectivity index (χ2n) is 5.91. The van der Waals surface area contributed by atoms with Crippen molar-refractivity contribution in [2.45, 2.75) is 17.7 Å². The Labute approximate surface area is 141 Å². The first kappa shape index (κ1) is 16.7. The van der Waals surface area contributed by atoms with Crippen LogP contribution in [0.1, 0.15) is 23.2 Å². The van der Waals surface area contributed by atoms with Crippen molar-refractivity contribution >= 4 is 15.9 Å². The number of carbonyl (C=O) groups excluding carboxylic acids is 1. The number of hydrogen-bond donors (Lipinski definition) is 1. The van der Waals surface area contributed by atoms with E-state index in [1.807, 2.05) is 0 Å².